The normalized spacial score (nSPS) is 16.7. The maximum absolute atomic E-state index is 11.9. The summed E-state index contributed by atoms with van der Waals surface area (Å²) in [7, 11) is 0. The summed E-state index contributed by atoms with van der Waals surface area (Å²) in [5, 5.41) is 4.19. The van der Waals surface area contributed by atoms with Crippen molar-refractivity contribution in [3.63, 3.8) is 0 Å². The smallest absolute Gasteiger partial charge is 0.350 e. The number of aromatic nitrogens is 1. The van der Waals surface area contributed by atoms with E-state index in [1.54, 1.807) is 6.20 Å². The molecule has 100 valence electrons. The first-order valence-corrected chi connectivity index (χ1v) is 6.92. The van der Waals surface area contributed by atoms with Gasteiger partial charge in [0.15, 0.2) is 5.13 Å². The zero-order valence-corrected chi connectivity index (χ0v) is 11.8. The van der Waals surface area contributed by atoms with Gasteiger partial charge < -0.3 is 15.0 Å². The summed E-state index contributed by atoms with van der Waals surface area (Å²) in [6.07, 6.45) is 1.61. The molecular weight excluding hydrogens is 250 g/mol. The summed E-state index contributed by atoms with van der Waals surface area (Å²) in [5.74, 6) is -0.290. The van der Waals surface area contributed by atoms with Crippen molar-refractivity contribution in [1.82, 2.24) is 10.3 Å². The Kier molecular flexibility index (Phi) is 3.87. The van der Waals surface area contributed by atoms with Crippen LogP contribution in [0, 0.1) is 0 Å². The van der Waals surface area contributed by atoms with Gasteiger partial charge in [-0.15, -0.1) is 0 Å². The Labute approximate surface area is 111 Å². The highest BCUT2D eigenvalue weighted by molar-refractivity contribution is 7.17. The van der Waals surface area contributed by atoms with E-state index in [1.807, 2.05) is 20.8 Å². The minimum absolute atomic E-state index is 0.290. The van der Waals surface area contributed by atoms with E-state index in [9.17, 15) is 4.79 Å². The van der Waals surface area contributed by atoms with Crippen LogP contribution in [0.25, 0.3) is 0 Å². The Morgan fingerprint density at radius 2 is 2.11 bits per heavy atom. The van der Waals surface area contributed by atoms with E-state index >= 15 is 0 Å². The molecule has 1 aliphatic heterocycles. The second-order valence-corrected chi connectivity index (χ2v) is 6.26. The molecule has 0 amide bonds. The fourth-order valence-corrected chi connectivity index (χ4v) is 2.53. The second-order valence-electron chi connectivity index (χ2n) is 5.25. The van der Waals surface area contributed by atoms with Gasteiger partial charge in [-0.3, -0.25) is 0 Å². The third-order valence-electron chi connectivity index (χ3n) is 2.48. The highest BCUT2D eigenvalue weighted by atomic mass is 32.1. The quantitative estimate of drug-likeness (QED) is 0.825. The van der Waals surface area contributed by atoms with Crippen LogP contribution in [-0.2, 0) is 4.74 Å². The number of hydrogen-bond donors (Lipinski definition) is 1. The number of rotatable bonds is 2. The summed E-state index contributed by atoms with van der Waals surface area (Å²) in [6, 6.07) is 0. The Morgan fingerprint density at radius 1 is 1.44 bits per heavy atom. The number of nitrogens with zero attached hydrogens (tertiary/aromatic N) is 2. The van der Waals surface area contributed by atoms with Gasteiger partial charge in [0.1, 0.15) is 10.5 Å². The second kappa shape index (κ2) is 5.24. The molecule has 0 radical (unpaired) electrons. The summed E-state index contributed by atoms with van der Waals surface area (Å²) in [4.78, 5) is 18.9. The molecule has 0 aromatic carbocycles. The molecule has 0 spiro atoms. The summed E-state index contributed by atoms with van der Waals surface area (Å²) < 4.78 is 5.33. The van der Waals surface area contributed by atoms with Crippen molar-refractivity contribution in [2.45, 2.75) is 26.4 Å². The number of carbonyl (C=O) groups is 1. The highest BCUT2D eigenvalue weighted by Crippen LogP contribution is 2.24. The highest BCUT2D eigenvalue weighted by Gasteiger charge is 2.21. The van der Waals surface area contributed by atoms with E-state index in [4.69, 9.17) is 4.74 Å². The van der Waals surface area contributed by atoms with E-state index in [0.717, 1.165) is 31.3 Å². The number of anilines is 1. The monoisotopic (exact) mass is 269 g/mol. The molecule has 2 rings (SSSR count). The molecule has 1 aromatic rings. The molecule has 0 bridgehead atoms. The topological polar surface area (TPSA) is 54.5 Å². The van der Waals surface area contributed by atoms with Gasteiger partial charge in [-0.25, -0.2) is 9.78 Å². The van der Waals surface area contributed by atoms with Crippen molar-refractivity contribution >= 4 is 22.4 Å². The lowest BCUT2D eigenvalue weighted by molar-refractivity contribution is 0.00750. The van der Waals surface area contributed by atoms with E-state index in [2.05, 4.69) is 15.2 Å². The molecule has 2 heterocycles. The average molecular weight is 269 g/mol. The Morgan fingerprint density at radius 3 is 2.72 bits per heavy atom. The maximum Gasteiger partial charge on any atom is 0.350 e. The lowest BCUT2D eigenvalue weighted by Gasteiger charge is -2.26. The SMILES string of the molecule is CC(C)(C)OC(=O)c1cnc(N2CCNCC2)s1. The lowest BCUT2D eigenvalue weighted by atomic mass is 10.2. The van der Waals surface area contributed by atoms with Crippen LogP contribution in [0.4, 0.5) is 5.13 Å². The fourth-order valence-electron chi connectivity index (χ4n) is 1.69. The summed E-state index contributed by atoms with van der Waals surface area (Å²) in [6.45, 7) is 9.38. The van der Waals surface area contributed by atoms with Gasteiger partial charge in [0, 0.05) is 26.2 Å². The Hall–Kier alpha value is -1.14. The first kappa shape index (κ1) is 13.3. The predicted octanol–water partition coefficient (Wildman–Crippen LogP) is 1.51. The van der Waals surface area contributed by atoms with E-state index in [0.29, 0.717) is 4.88 Å². The minimum Gasteiger partial charge on any atom is -0.456 e. The Balaban J connectivity index is 2.03. The number of thiazole rings is 1. The minimum atomic E-state index is -0.462. The predicted molar refractivity (Wildman–Crippen MR) is 72.4 cm³/mol. The third-order valence-corrected chi connectivity index (χ3v) is 3.52. The van der Waals surface area contributed by atoms with Crippen molar-refractivity contribution in [1.29, 1.82) is 0 Å². The van der Waals surface area contributed by atoms with Crippen molar-refractivity contribution in [3.8, 4) is 0 Å². The molecule has 0 saturated carbocycles. The standard InChI is InChI=1S/C12H19N3O2S/c1-12(2,3)17-10(16)9-8-14-11(18-9)15-6-4-13-5-7-15/h8,13H,4-7H2,1-3H3. The molecule has 0 atom stereocenters. The van der Waals surface area contributed by atoms with Crippen LogP contribution in [0.15, 0.2) is 6.20 Å². The molecule has 6 heteroatoms. The molecular formula is C12H19N3O2S. The van der Waals surface area contributed by atoms with Crippen LogP contribution in [-0.4, -0.2) is 42.7 Å². The third kappa shape index (κ3) is 3.43. The van der Waals surface area contributed by atoms with E-state index < -0.39 is 5.60 Å². The van der Waals surface area contributed by atoms with Gasteiger partial charge in [-0.2, -0.15) is 0 Å². The zero-order chi connectivity index (χ0) is 13.2. The summed E-state index contributed by atoms with van der Waals surface area (Å²) >= 11 is 1.40. The number of piperazine rings is 1. The van der Waals surface area contributed by atoms with Crippen LogP contribution in [0.1, 0.15) is 30.4 Å². The van der Waals surface area contributed by atoms with Crippen LogP contribution in [0.3, 0.4) is 0 Å². The average Bonchev–Trinajstić information content (AvgIpc) is 2.77. The molecule has 0 unspecified atom stereocenters. The fraction of sp³-hybridized carbons (Fsp3) is 0.667. The molecule has 0 aliphatic carbocycles. The van der Waals surface area contributed by atoms with Crippen molar-refractivity contribution in [2.24, 2.45) is 0 Å². The number of nitrogens with one attached hydrogen (secondary N) is 1. The van der Waals surface area contributed by atoms with Crippen molar-refractivity contribution in [2.75, 3.05) is 31.1 Å². The lowest BCUT2D eigenvalue weighted by Crippen LogP contribution is -2.43. The van der Waals surface area contributed by atoms with Crippen LogP contribution >= 0.6 is 11.3 Å². The largest absolute Gasteiger partial charge is 0.456 e. The number of hydrogen-bond acceptors (Lipinski definition) is 6. The molecule has 1 aromatic heterocycles. The summed E-state index contributed by atoms with van der Waals surface area (Å²) in [5.41, 5.74) is -0.462. The molecule has 1 fully saturated rings. The molecule has 18 heavy (non-hydrogen) atoms. The van der Waals surface area contributed by atoms with Crippen LogP contribution in [0.5, 0.6) is 0 Å². The van der Waals surface area contributed by atoms with Gasteiger partial charge in [0.2, 0.25) is 0 Å². The first-order valence-electron chi connectivity index (χ1n) is 6.10. The van der Waals surface area contributed by atoms with E-state index in [1.165, 1.54) is 11.3 Å². The van der Waals surface area contributed by atoms with Gasteiger partial charge >= 0.3 is 5.97 Å². The first-order chi connectivity index (χ1) is 8.46. The van der Waals surface area contributed by atoms with E-state index in [-0.39, 0.29) is 5.97 Å². The van der Waals surface area contributed by atoms with Crippen LogP contribution < -0.4 is 10.2 Å². The molecule has 1 saturated heterocycles. The van der Waals surface area contributed by atoms with Gasteiger partial charge in [0.05, 0.1) is 6.20 Å². The molecule has 1 N–H and O–H groups in total. The van der Waals surface area contributed by atoms with Gasteiger partial charge in [-0.05, 0) is 20.8 Å². The van der Waals surface area contributed by atoms with Gasteiger partial charge in [0.25, 0.3) is 0 Å². The Bertz CT molecular complexity index is 419. The maximum atomic E-state index is 11.9. The number of ether oxygens (including phenoxy) is 1. The van der Waals surface area contributed by atoms with Crippen molar-refractivity contribution < 1.29 is 9.53 Å². The molecule has 1 aliphatic rings. The number of carbonyl (C=O) groups excluding carboxylic acids is 1. The van der Waals surface area contributed by atoms with Gasteiger partial charge in [-0.1, -0.05) is 11.3 Å². The number of esters is 1. The zero-order valence-electron chi connectivity index (χ0n) is 11.0. The van der Waals surface area contributed by atoms with Crippen molar-refractivity contribution in [3.05, 3.63) is 11.1 Å². The molecule has 5 nitrogen and oxygen atoms in total. The van der Waals surface area contributed by atoms with Crippen LogP contribution in [0.2, 0.25) is 0 Å².